The number of benzene rings is 1. The van der Waals surface area contributed by atoms with Crippen LogP contribution in [0.15, 0.2) is 18.2 Å². The van der Waals surface area contributed by atoms with Crippen molar-refractivity contribution >= 4 is 10.9 Å². The first kappa shape index (κ1) is 9.06. The average molecular weight is 193 g/mol. The summed E-state index contributed by atoms with van der Waals surface area (Å²) in [6.45, 7) is 3.67. The van der Waals surface area contributed by atoms with Gasteiger partial charge in [0.1, 0.15) is 11.3 Å². The number of aromatic nitrogens is 1. The van der Waals surface area contributed by atoms with E-state index in [1.807, 2.05) is 6.92 Å². The number of nitrogens with zero attached hydrogens (tertiary/aromatic N) is 1. The molecule has 0 aliphatic heterocycles. The highest BCUT2D eigenvalue weighted by molar-refractivity contribution is 5.80. The fraction of sp³-hybridized carbons (Fsp3) is 0.182. The highest BCUT2D eigenvalue weighted by atomic mass is 19.1. The molecule has 0 amide bonds. The van der Waals surface area contributed by atoms with Crippen molar-refractivity contribution in [2.24, 2.45) is 0 Å². The van der Waals surface area contributed by atoms with Crippen molar-refractivity contribution in [3.05, 3.63) is 41.1 Å². The molecular weight excluding hydrogens is 184 g/mol. The molecule has 3 heteroatoms. The monoisotopic (exact) mass is 193 g/mol. The quantitative estimate of drug-likeness (QED) is 0.626. The van der Waals surface area contributed by atoms with Crippen LogP contribution in [0.4, 0.5) is 8.78 Å². The van der Waals surface area contributed by atoms with E-state index < -0.39 is 11.6 Å². The minimum atomic E-state index is -0.608. The van der Waals surface area contributed by atoms with Gasteiger partial charge in [0.15, 0.2) is 5.82 Å². The molecule has 2 aromatic rings. The number of rotatable bonds is 0. The molecule has 72 valence electrons. The molecule has 0 saturated carbocycles. The second-order valence-corrected chi connectivity index (χ2v) is 3.35. The molecule has 2 rings (SSSR count). The van der Waals surface area contributed by atoms with Gasteiger partial charge in [0.05, 0.1) is 0 Å². The van der Waals surface area contributed by atoms with Crippen LogP contribution in [0.25, 0.3) is 10.9 Å². The number of aryl methyl sites for hydroxylation is 2. The van der Waals surface area contributed by atoms with Crippen molar-refractivity contribution in [3.63, 3.8) is 0 Å². The first-order valence-electron chi connectivity index (χ1n) is 4.31. The van der Waals surface area contributed by atoms with Gasteiger partial charge >= 0.3 is 0 Å². The van der Waals surface area contributed by atoms with Gasteiger partial charge in [-0.3, -0.25) is 0 Å². The fourth-order valence-electron chi connectivity index (χ4n) is 1.41. The third-order valence-electron chi connectivity index (χ3n) is 2.28. The van der Waals surface area contributed by atoms with Gasteiger partial charge in [0.25, 0.3) is 0 Å². The molecule has 1 nitrogen and oxygen atoms in total. The molecule has 0 fully saturated rings. The van der Waals surface area contributed by atoms with Crippen LogP contribution in [-0.2, 0) is 0 Å². The first-order chi connectivity index (χ1) is 6.58. The Labute approximate surface area is 80.4 Å². The van der Waals surface area contributed by atoms with E-state index in [9.17, 15) is 8.78 Å². The highest BCUT2D eigenvalue weighted by Gasteiger charge is 2.06. The average Bonchev–Trinajstić information content (AvgIpc) is 2.08. The summed E-state index contributed by atoms with van der Waals surface area (Å²) in [6, 6.07) is 3.88. The molecule has 0 radical (unpaired) electrons. The van der Waals surface area contributed by atoms with Crippen LogP contribution in [0.3, 0.4) is 0 Å². The lowest BCUT2D eigenvalue weighted by Crippen LogP contribution is -1.92. The lowest BCUT2D eigenvalue weighted by atomic mass is 10.1. The second-order valence-electron chi connectivity index (χ2n) is 3.35. The predicted molar refractivity (Wildman–Crippen MR) is 51.1 cm³/mol. The van der Waals surface area contributed by atoms with Crippen molar-refractivity contribution in [2.75, 3.05) is 0 Å². The molecule has 1 aromatic heterocycles. The molecule has 0 aliphatic carbocycles. The lowest BCUT2D eigenvalue weighted by molar-refractivity contribution is 0.590. The zero-order valence-corrected chi connectivity index (χ0v) is 7.94. The zero-order chi connectivity index (χ0) is 10.3. The minimum Gasteiger partial charge on any atom is -0.250 e. The van der Waals surface area contributed by atoms with Crippen molar-refractivity contribution < 1.29 is 8.78 Å². The summed E-state index contributed by atoms with van der Waals surface area (Å²) in [5.41, 5.74) is 1.93. The summed E-state index contributed by atoms with van der Waals surface area (Å²) in [7, 11) is 0. The maximum absolute atomic E-state index is 13.3. The van der Waals surface area contributed by atoms with Crippen LogP contribution in [0.2, 0.25) is 0 Å². The van der Waals surface area contributed by atoms with Crippen LogP contribution in [0.1, 0.15) is 11.3 Å². The standard InChI is InChI=1S/C11H9F2N/c1-6-3-8-4-9(12)5-10(13)11(8)14-7(6)2/h3-5H,1-2H3. The van der Waals surface area contributed by atoms with Crippen molar-refractivity contribution in [1.82, 2.24) is 4.98 Å². The molecule has 1 heterocycles. The summed E-state index contributed by atoms with van der Waals surface area (Å²) in [6.07, 6.45) is 0. The Kier molecular flexibility index (Phi) is 1.95. The van der Waals surface area contributed by atoms with Gasteiger partial charge in [-0.1, -0.05) is 0 Å². The van der Waals surface area contributed by atoms with Crippen LogP contribution in [-0.4, -0.2) is 4.98 Å². The summed E-state index contributed by atoms with van der Waals surface area (Å²) in [5.74, 6) is -1.18. The van der Waals surface area contributed by atoms with Gasteiger partial charge in [0, 0.05) is 17.1 Å². The first-order valence-corrected chi connectivity index (χ1v) is 4.31. The molecule has 1 aromatic carbocycles. The minimum absolute atomic E-state index is 0.231. The van der Waals surface area contributed by atoms with Crippen LogP contribution < -0.4 is 0 Å². The Morgan fingerprint density at radius 3 is 2.50 bits per heavy atom. The van der Waals surface area contributed by atoms with Crippen LogP contribution in [0.5, 0.6) is 0 Å². The third-order valence-corrected chi connectivity index (χ3v) is 2.28. The van der Waals surface area contributed by atoms with Gasteiger partial charge < -0.3 is 0 Å². The van der Waals surface area contributed by atoms with E-state index in [-0.39, 0.29) is 5.52 Å². The number of pyridine rings is 1. The maximum atomic E-state index is 13.3. The molecular formula is C11H9F2N. The highest BCUT2D eigenvalue weighted by Crippen LogP contribution is 2.20. The Bertz CT molecular complexity index is 506. The second kappa shape index (κ2) is 3.01. The Morgan fingerprint density at radius 2 is 1.79 bits per heavy atom. The van der Waals surface area contributed by atoms with Gasteiger partial charge in [-0.25, -0.2) is 13.8 Å². The van der Waals surface area contributed by atoms with E-state index in [0.717, 1.165) is 17.3 Å². The molecule has 0 unspecified atom stereocenters. The van der Waals surface area contributed by atoms with E-state index >= 15 is 0 Å². The zero-order valence-electron chi connectivity index (χ0n) is 7.94. The number of hydrogen-bond acceptors (Lipinski definition) is 1. The van der Waals surface area contributed by atoms with Crippen molar-refractivity contribution in [2.45, 2.75) is 13.8 Å². The van der Waals surface area contributed by atoms with Gasteiger partial charge in [-0.15, -0.1) is 0 Å². The number of hydrogen-bond donors (Lipinski definition) is 0. The fourth-order valence-corrected chi connectivity index (χ4v) is 1.41. The number of halogens is 2. The van der Waals surface area contributed by atoms with Crippen molar-refractivity contribution in [1.29, 1.82) is 0 Å². The molecule has 0 bridgehead atoms. The molecule has 0 aliphatic rings. The van der Waals surface area contributed by atoms with E-state index in [2.05, 4.69) is 4.98 Å². The molecule has 0 saturated heterocycles. The lowest BCUT2D eigenvalue weighted by Gasteiger charge is -2.03. The Morgan fingerprint density at radius 1 is 1.07 bits per heavy atom. The van der Waals surface area contributed by atoms with Gasteiger partial charge in [0.2, 0.25) is 0 Å². The third kappa shape index (κ3) is 1.35. The molecule has 0 spiro atoms. The molecule has 14 heavy (non-hydrogen) atoms. The largest absolute Gasteiger partial charge is 0.250 e. The maximum Gasteiger partial charge on any atom is 0.152 e. The summed E-state index contributed by atoms with van der Waals surface area (Å²) >= 11 is 0. The summed E-state index contributed by atoms with van der Waals surface area (Å²) in [4.78, 5) is 4.07. The SMILES string of the molecule is Cc1cc2cc(F)cc(F)c2nc1C. The Balaban J connectivity index is 2.89. The van der Waals surface area contributed by atoms with Gasteiger partial charge in [-0.2, -0.15) is 0 Å². The number of fused-ring (bicyclic) bond motifs is 1. The predicted octanol–water partition coefficient (Wildman–Crippen LogP) is 3.13. The normalized spacial score (nSPS) is 10.9. The van der Waals surface area contributed by atoms with Crippen LogP contribution >= 0.6 is 0 Å². The van der Waals surface area contributed by atoms with Gasteiger partial charge in [-0.05, 0) is 31.5 Å². The van der Waals surface area contributed by atoms with Crippen molar-refractivity contribution in [3.8, 4) is 0 Å². The summed E-state index contributed by atoms with van der Waals surface area (Å²) in [5, 5.41) is 0.505. The van der Waals surface area contributed by atoms with E-state index in [1.165, 1.54) is 6.07 Å². The van der Waals surface area contributed by atoms with E-state index in [4.69, 9.17) is 0 Å². The smallest absolute Gasteiger partial charge is 0.152 e. The topological polar surface area (TPSA) is 12.9 Å². The van der Waals surface area contributed by atoms with Crippen LogP contribution in [0, 0.1) is 25.5 Å². The Hall–Kier alpha value is -1.51. The van der Waals surface area contributed by atoms with E-state index in [0.29, 0.717) is 5.39 Å². The van der Waals surface area contributed by atoms with E-state index in [1.54, 1.807) is 13.0 Å². The molecule has 0 N–H and O–H groups in total. The molecule has 0 atom stereocenters. The summed E-state index contributed by atoms with van der Waals surface area (Å²) < 4.78 is 26.1.